The van der Waals surface area contributed by atoms with Crippen molar-refractivity contribution in [1.29, 1.82) is 0 Å². The van der Waals surface area contributed by atoms with Crippen molar-refractivity contribution < 1.29 is 0 Å². The van der Waals surface area contributed by atoms with Crippen LogP contribution in [0.2, 0.25) is 5.02 Å². The first-order valence-corrected chi connectivity index (χ1v) is 8.69. The number of hydrogen-bond donors (Lipinski definition) is 0. The molecule has 124 valence electrons. The van der Waals surface area contributed by atoms with Gasteiger partial charge in [-0.1, -0.05) is 66.2 Å². The molecule has 0 aliphatic heterocycles. The van der Waals surface area contributed by atoms with Crippen LogP contribution in [-0.4, -0.2) is 9.38 Å². The highest BCUT2D eigenvalue weighted by Crippen LogP contribution is 2.20. The first-order valence-electron chi connectivity index (χ1n) is 8.31. The maximum absolute atomic E-state index is 13.2. The maximum atomic E-state index is 13.2. The van der Waals surface area contributed by atoms with Gasteiger partial charge in [0.1, 0.15) is 5.65 Å². The molecule has 5 rings (SSSR count). The second kappa shape index (κ2) is 5.68. The summed E-state index contributed by atoms with van der Waals surface area (Å²) < 4.78 is 1.70. The van der Waals surface area contributed by atoms with E-state index in [0.29, 0.717) is 21.6 Å². The predicted octanol–water partition coefficient (Wildman–Crippen LogP) is 4.20. The van der Waals surface area contributed by atoms with Gasteiger partial charge < -0.3 is 0 Å². The van der Waals surface area contributed by atoms with Gasteiger partial charge in [-0.15, -0.1) is 0 Å². The molecule has 0 aliphatic carbocycles. The van der Waals surface area contributed by atoms with Gasteiger partial charge in [-0.05, 0) is 29.8 Å². The Balaban J connectivity index is 2.05. The molecule has 0 fully saturated rings. The Morgan fingerprint density at radius 3 is 2.38 bits per heavy atom. The third-order valence-electron chi connectivity index (χ3n) is 4.62. The van der Waals surface area contributed by atoms with Crippen LogP contribution in [0.4, 0.5) is 0 Å². The van der Waals surface area contributed by atoms with E-state index in [2.05, 4.69) is 0 Å². The zero-order valence-electron chi connectivity index (χ0n) is 13.7. The van der Waals surface area contributed by atoms with Gasteiger partial charge in [0.15, 0.2) is 0 Å². The van der Waals surface area contributed by atoms with Crippen LogP contribution in [0.1, 0.15) is 5.56 Å². The molecule has 0 unspecified atom stereocenters. The Morgan fingerprint density at radius 1 is 0.846 bits per heavy atom. The van der Waals surface area contributed by atoms with Crippen molar-refractivity contribution in [3.05, 3.63) is 99.1 Å². The number of aromatic nitrogens is 2. The average molecular weight is 357 g/mol. The summed E-state index contributed by atoms with van der Waals surface area (Å²) in [4.78, 5) is 18.0. The molecular weight excluding hydrogens is 344 g/mol. The van der Waals surface area contributed by atoms with Gasteiger partial charge in [0, 0.05) is 15.8 Å². The SMILES string of the molecule is O=c1c2ccc(Cl)cc2nc2c3ccccc3/c(=C\c3ccccc3)n12. The number of hydrogen-bond acceptors (Lipinski definition) is 2. The van der Waals surface area contributed by atoms with E-state index in [1.807, 2.05) is 60.7 Å². The lowest BCUT2D eigenvalue weighted by Gasteiger charge is -2.00. The monoisotopic (exact) mass is 356 g/mol. The minimum absolute atomic E-state index is 0.0833. The van der Waals surface area contributed by atoms with Crippen molar-refractivity contribution in [3.63, 3.8) is 0 Å². The van der Waals surface area contributed by atoms with Crippen LogP contribution in [0.3, 0.4) is 0 Å². The zero-order valence-corrected chi connectivity index (χ0v) is 14.4. The molecule has 5 aromatic rings. The van der Waals surface area contributed by atoms with E-state index in [0.717, 1.165) is 21.7 Å². The van der Waals surface area contributed by atoms with E-state index in [1.165, 1.54) is 0 Å². The first kappa shape index (κ1) is 15.1. The quantitative estimate of drug-likeness (QED) is 0.451. The Hall–Kier alpha value is -3.17. The van der Waals surface area contributed by atoms with Gasteiger partial charge in [-0.25, -0.2) is 4.98 Å². The summed E-state index contributed by atoms with van der Waals surface area (Å²) in [6.45, 7) is 0. The molecule has 0 bridgehead atoms. The Kier molecular flexibility index (Phi) is 3.30. The van der Waals surface area contributed by atoms with E-state index in [-0.39, 0.29) is 5.56 Å². The highest BCUT2D eigenvalue weighted by molar-refractivity contribution is 6.31. The fraction of sp³-hybridized carbons (Fsp3) is 0. The first-order chi connectivity index (χ1) is 12.7. The fourth-order valence-corrected chi connectivity index (χ4v) is 3.60. The molecule has 0 saturated carbocycles. The van der Waals surface area contributed by atoms with Crippen molar-refractivity contribution in [2.75, 3.05) is 0 Å². The molecule has 0 N–H and O–H groups in total. The number of nitrogens with zero attached hydrogens (tertiary/aromatic N) is 2. The molecule has 2 aromatic heterocycles. The summed E-state index contributed by atoms with van der Waals surface area (Å²) in [5.41, 5.74) is 2.22. The van der Waals surface area contributed by atoms with Crippen molar-refractivity contribution in [1.82, 2.24) is 9.38 Å². The van der Waals surface area contributed by atoms with E-state index in [4.69, 9.17) is 16.6 Å². The highest BCUT2D eigenvalue weighted by Gasteiger charge is 2.13. The molecule has 0 saturated heterocycles. The molecule has 0 amide bonds. The average Bonchev–Trinajstić information content (AvgIpc) is 2.97. The largest absolute Gasteiger partial charge is 0.268 e. The summed E-state index contributed by atoms with van der Waals surface area (Å²) >= 11 is 6.10. The summed E-state index contributed by atoms with van der Waals surface area (Å²) in [5, 5.41) is 3.93. The van der Waals surface area contributed by atoms with E-state index in [1.54, 1.807) is 22.6 Å². The molecule has 4 heteroatoms. The van der Waals surface area contributed by atoms with Gasteiger partial charge in [-0.3, -0.25) is 9.20 Å². The van der Waals surface area contributed by atoms with Crippen LogP contribution in [0.15, 0.2) is 77.6 Å². The van der Waals surface area contributed by atoms with E-state index < -0.39 is 0 Å². The van der Waals surface area contributed by atoms with Crippen molar-refractivity contribution in [2.24, 2.45) is 0 Å². The molecule has 2 heterocycles. The molecule has 3 aromatic carbocycles. The lowest BCUT2D eigenvalue weighted by atomic mass is 10.1. The van der Waals surface area contributed by atoms with Crippen LogP contribution >= 0.6 is 11.6 Å². The lowest BCUT2D eigenvalue weighted by Crippen LogP contribution is -2.24. The molecular formula is C22H13ClN2O. The third kappa shape index (κ3) is 2.21. The maximum Gasteiger partial charge on any atom is 0.266 e. The number of rotatable bonds is 1. The highest BCUT2D eigenvalue weighted by atomic mass is 35.5. The zero-order chi connectivity index (χ0) is 17.7. The Bertz CT molecular complexity index is 1410. The number of halogens is 1. The van der Waals surface area contributed by atoms with Gasteiger partial charge in [0.2, 0.25) is 0 Å². The van der Waals surface area contributed by atoms with Crippen molar-refractivity contribution >= 4 is 45.0 Å². The van der Waals surface area contributed by atoms with Crippen LogP contribution in [0.25, 0.3) is 33.4 Å². The van der Waals surface area contributed by atoms with Crippen LogP contribution in [0.5, 0.6) is 0 Å². The molecule has 0 aliphatic rings. The van der Waals surface area contributed by atoms with Gasteiger partial charge in [0.05, 0.1) is 16.3 Å². The van der Waals surface area contributed by atoms with Crippen LogP contribution < -0.4 is 10.9 Å². The smallest absolute Gasteiger partial charge is 0.266 e. The minimum Gasteiger partial charge on any atom is -0.268 e. The Morgan fingerprint density at radius 2 is 1.58 bits per heavy atom. The minimum atomic E-state index is -0.0833. The van der Waals surface area contributed by atoms with Crippen LogP contribution in [0, 0.1) is 0 Å². The Labute approximate surface area is 153 Å². The molecule has 0 atom stereocenters. The molecule has 0 radical (unpaired) electrons. The molecule has 26 heavy (non-hydrogen) atoms. The fourth-order valence-electron chi connectivity index (χ4n) is 3.43. The normalized spacial score (nSPS) is 12.4. The third-order valence-corrected chi connectivity index (χ3v) is 4.85. The van der Waals surface area contributed by atoms with E-state index >= 15 is 0 Å². The van der Waals surface area contributed by atoms with Gasteiger partial charge in [0.25, 0.3) is 5.56 Å². The standard InChI is InChI=1S/C22H13ClN2O/c23-15-10-11-18-19(13-15)24-21-17-9-5-4-8-16(17)20(25(21)22(18)26)12-14-6-2-1-3-7-14/h1-13H/b20-12+. The predicted molar refractivity (Wildman–Crippen MR) is 107 cm³/mol. The molecule has 3 nitrogen and oxygen atoms in total. The summed E-state index contributed by atoms with van der Waals surface area (Å²) in [5.74, 6) is 0. The van der Waals surface area contributed by atoms with Crippen molar-refractivity contribution in [3.8, 4) is 0 Å². The second-order valence-corrected chi connectivity index (χ2v) is 6.66. The second-order valence-electron chi connectivity index (χ2n) is 6.22. The van der Waals surface area contributed by atoms with Crippen LogP contribution in [-0.2, 0) is 0 Å². The number of fused-ring (bicyclic) bond motifs is 4. The molecule has 0 spiro atoms. The number of benzene rings is 3. The summed E-state index contributed by atoms with van der Waals surface area (Å²) in [6.07, 6.45) is 2.03. The van der Waals surface area contributed by atoms with E-state index in [9.17, 15) is 4.79 Å². The van der Waals surface area contributed by atoms with Gasteiger partial charge in [-0.2, -0.15) is 0 Å². The summed E-state index contributed by atoms with van der Waals surface area (Å²) in [6, 6.07) is 23.1. The lowest BCUT2D eigenvalue weighted by molar-refractivity contribution is 1.07. The van der Waals surface area contributed by atoms with Crippen molar-refractivity contribution in [2.45, 2.75) is 0 Å². The van der Waals surface area contributed by atoms with Gasteiger partial charge >= 0.3 is 0 Å². The summed E-state index contributed by atoms with van der Waals surface area (Å²) in [7, 11) is 0. The topological polar surface area (TPSA) is 34.4 Å².